The minimum atomic E-state index is 0.0418. The van der Waals surface area contributed by atoms with E-state index in [1.54, 1.807) is 19.2 Å². The Morgan fingerprint density at radius 2 is 2.20 bits per heavy atom. The molecule has 1 aliphatic carbocycles. The van der Waals surface area contributed by atoms with Gasteiger partial charge in [-0.15, -0.1) is 0 Å². The van der Waals surface area contributed by atoms with Crippen LogP contribution in [-0.4, -0.2) is 35.5 Å². The molecule has 0 aromatic carbocycles. The predicted molar refractivity (Wildman–Crippen MR) is 76.7 cm³/mol. The lowest BCUT2D eigenvalue weighted by Crippen LogP contribution is -2.70. The first-order chi connectivity index (χ1) is 9.57. The summed E-state index contributed by atoms with van der Waals surface area (Å²) in [5, 5.41) is 0. The molecule has 2 fully saturated rings. The fourth-order valence-corrected chi connectivity index (χ4v) is 3.89. The van der Waals surface area contributed by atoms with Crippen LogP contribution in [0.2, 0.25) is 0 Å². The molecule has 2 heterocycles. The molecule has 0 N–H and O–H groups in total. The highest BCUT2D eigenvalue weighted by molar-refractivity contribution is 5.93. The summed E-state index contributed by atoms with van der Waals surface area (Å²) in [6.07, 6.45) is 3.85. The fourth-order valence-electron chi connectivity index (χ4n) is 3.89. The van der Waals surface area contributed by atoms with Crippen LogP contribution in [0.4, 0.5) is 0 Å². The zero-order valence-electron chi connectivity index (χ0n) is 12.4. The highest BCUT2D eigenvalue weighted by atomic mass is 16.5. The molecule has 20 heavy (non-hydrogen) atoms. The lowest BCUT2D eigenvalue weighted by molar-refractivity contribution is -0.121. The third kappa shape index (κ3) is 1.89. The maximum absolute atomic E-state index is 12.6. The number of pyridine rings is 1. The molecule has 0 bridgehead atoms. The summed E-state index contributed by atoms with van der Waals surface area (Å²) in [5.74, 6) is 1.04. The van der Waals surface area contributed by atoms with Crippen molar-refractivity contribution < 1.29 is 9.53 Å². The molecule has 4 nitrogen and oxygen atoms in total. The first-order valence-corrected chi connectivity index (χ1v) is 7.39. The molecule has 1 aromatic heterocycles. The van der Waals surface area contributed by atoms with Crippen LogP contribution < -0.4 is 4.74 Å². The molecule has 2 aliphatic rings. The van der Waals surface area contributed by atoms with Gasteiger partial charge < -0.3 is 9.64 Å². The molecular weight excluding hydrogens is 252 g/mol. The van der Waals surface area contributed by atoms with Crippen LogP contribution >= 0.6 is 0 Å². The molecular formula is C16H22N2O2. The Morgan fingerprint density at radius 3 is 2.75 bits per heavy atom. The highest BCUT2D eigenvalue weighted by Crippen LogP contribution is 2.55. The number of nitrogens with zero attached hydrogens (tertiary/aromatic N) is 2. The molecule has 3 rings (SSSR count). The summed E-state index contributed by atoms with van der Waals surface area (Å²) in [5.41, 5.74) is 0.895. The van der Waals surface area contributed by atoms with Crippen LogP contribution in [0.5, 0.6) is 5.88 Å². The number of ether oxygens (including phenoxy) is 1. The third-order valence-corrected chi connectivity index (χ3v) is 4.84. The second kappa shape index (κ2) is 4.76. The number of hydrogen-bond acceptors (Lipinski definition) is 3. The van der Waals surface area contributed by atoms with Crippen LogP contribution in [0.3, 0.4) is 0 Å². The van der Waals surface area contributed by atoms with Gasteiger partial charge in [0.2, 0.25) is 5.88 Å². The maximum Gasteiger partial charge on any atom is 0.272 e. The lowest BCUT2D eigenvalue weighted by atomic mass is 9.55. The molecule has 0 radical (unpaired) electrons. The van der Waals surface area contributed by atoms with Crippen molar-refractivity contribution in [1.82, 2.24) is 9.88 Å². The minimum Gasteiger partial charge on any atom is -0.481 e. The van der Waals surface area contributed by atoms with Crippen LogP contribution in [0, 0.1) is 11.3 Å². The molecule has 108 valence electrons. The van der Waals surface area contributed by atoms with Gasteiger partial charge in [-0.05, 0) is 24.8 Å². The third-order valence-electron chi connectivity index (χ3n) is 4.84. The van der Waals surface area contributed by atoms with Crippen molar-refractivity contribution in [1.29, 1.82) is 0 Å². The number of aromatic nitrogens is 1. The molecule has 1 saturated heterocycles. The Hall–Kier alpha value is -1.58. The quantitative estimate of drug-likeness (QED) is 0.851. The molecule has 1 aromatic rings. The molecule has 1 unspecified atom stereocenters. The molecule has 1 amide bonds. The zero-order valence-corrected chi connectivity index (χ0v) is 12.4. The lowest BCUT2D eigenvalue weighted by Gasteiger charge is -2.64. The average molecular weight is 274 g/mol. The monoisotopic (exact) mass is 274 g/mol. The van der Waals surface area contributed by atoms with Gasteiger partial charge in [0.15, 0.2) is 0 Å². The first kappa shape index (κ1) is 13.4. The summed E-state index contributed by atoms with van der Waals surface area (Å²) < 4.78 is 5.10. The van der Waals surface area contributed by atoms with E-state index in [0.717, 1.165) is 6.54 Å². The molecule has 1 aliphatic heterocycles. The largest absolute Gasteiger partial charge is 0.481 e. The van der Waals surface area contributed by atoms with Crippen LogP contribution in [-0.2, 0) is 0 Å². The number of rotatable bonds is 3. The Balaban J connectivity index is 1.80. The summed E-state index contributed by atoms with van der Waals surface area (Å²) in [7, 11) is 1.57. The zero-order chi connectivity index (χ0) is 14.3. The second-order valence-corrected chi connectivity index (χ2v) is 6.40. The van der Waals surface area contributed by atoms with Gasteiger partial charge in [-0.2, -0.15) is 0 Å². The van der Waals surface area contributed by atoms with Crippen molar-refractivity contribution in [2.24, 2.45) is 11.3 Å². The van der Waals surface area contributed by atoms with E-state index in [-0.39, 0.29) is 5.91 Å². The van der Waals surface area contributed by atoms with Gasteiger partial charge in [0.25, 0.3) is 5.91 Å². The van der Waals surface area contributed by atoms with Crippen LogP contribution in [0.15, 0.2) is 18.2 Å². The maximum atomic E-state index is 12.6. The van der Waals surface area contributed by atoms with Gasteiger partial charge in [0.1, 0.15) is 5.69 Å². The van der Waals surface area contributed by atoms with Gasteiger partial charge in [-0.3, -0.25) is 4.79 Å². The Bertz CT molecular complexity index is 523. The van der Waals surface area contributed by atoms with E-state index in [0.29, 0.717) is 28.9 Å². The van der Waals surface area contributed by atoms with Crippen molar-refractivity contribution >= 4 is 5.91 Å². The van der Waals surface area contributed by atoms with E-state index in [4.69, 9.17) is 4.74 Å². The number of carbonyl (C=O) groups excluding carboxylic acids is 1. The number of amides is 1. The highest BCUT2D eigenvalue weighted by Gasteiger charge is 2.58. The molecule has 1 saturated carbocycles. The Morgan fingerprint density at radius 1 is 1.45 bits per heavy atom. The van der Waals surface area contributed by atoms with Crippen molar-refractivity contribution in [3.8, 4) is 5.88 Å². The van der Waals surface area contributed by atoms with E-state index in [9.17, 15) is 4.79 Å². The fraction of sp³-hybridized carbons (Fsp3) is 0.625. The van der Waals surface area contributed by atoms with Crippen molar-refractivity contribution in [2.45, 2.75) is 39.2 Å². The summed E-state index contributed by atoms with van der Waals surface area (Å²) in [6.45, 7) is 5.32. The normalized spacial score (nSPS) is 23.4. The number of carbonyl (C=O) groups is 1. The van der Waals surface area contributed by atoms with Gasteiger partial charge in [-0.1, -0.05) is 26.3 Å². The van der Waals surface area contributed by atoms with Crippen LogP contribution in [0.25, 0.3) is 0 Å². The van der Waals surface area contributed by atoms with Gasteiger partial charge in [-0.25, -0.2) is 4.98 Å². The van der Waals surface area contributed by atoms with E-state index < -0.39 is 0 Å². The molecule has 1 spiro atoms. The molecule has 1 atom stereocenters. The van der Waals surface area contributed by atoms with E-state index in [1.807, 2.05) is 11.0 Å². The number of methoxy groups -OCH3 is 1. The topological polar surface area (TPSA) is 42.4 Å². The van der Waals surface area contributed by atoms with Gasteiger partial charge >= 0.3 is 0 Å². The number of hydrogen-bond donors (Lipinski definition) is 0. The van der Waals surface area contributed by atoms with Gasteiger partial charge in [0.05, 0.1) is 7.11 Å². The van der Waals surface area contributed by atoms with Crippen molar-refractivity contribution in [3.05, 3.63) is 23.9 Å². The van der Waals surface area contributed by atoms with E-state index >= 15 is 0 Å². The van der Waals surface area contributed by atoms with E-state index in [1.165, 1.54) is 19.3 Å². The van der Waals surface area contributed by atoms with E-state index in [2.05, 4.69) is 18.8 Å². The van der Waals surface area contributed by atoms with Crippen molar-refractivity contribution in [2.75, 3.05) is 13.7 Å². The minimum absolute atomic E-state index is 0.0418. The summed E-state index contributed by atoms with van der Waals surface area (Å²) >= 11 is 0. The smallest absolute Gasteiger partial charge is 0.272 e. The molecule has 4 heteroatoms. The average Bonchev–Trinajstić information content (AvgIpc) is 2.35. The van der Waals surface area contributed by atoms with Crippen molar-refractivity contribution in [3.63, 3.8) is 0 Å². The predicted octanol–water partition coefficient (Wildman–Crippen LogP) is 2.74. The number of likely N-dealkylation sites (tertiary alicyclic amines) is 1. The first-order valence-electron chi connectivity index (χ1n) is 7.39. The van der Waals surface area contributed by atoms with Crippen LogP contribution in [0.1, 0.15) is 43.6 Å². The summed E-state index contributed by atoms with van der Waals surface area (Å²) in [4.78, 5) is 18.9. The summed E-state index contributed by atoms with van der Waals surface area (Å²) in [6, 6.07) is 5.73. The standard InChI is InChI=1S/C16H22N2O2/c1-11(2)14-16(8-5-9-16)10-18(14)15(19)12-6-4-7-13(17-12)20-3/h4,6-7,11,14H,5,8-10H2,1-3H3. The Kier molecular flexibility index (Phi) is 3.19. The SMILES string of the molecule is COc1cccc(C(=O)N2CC3(CCC3)C2C(C)C)n1. The Labute approximate surface area is 120 Å². The second-order valence-electron chi connectivity index (χ2n) is 6.40. The van der Waals surface area contributed by atoms with Gasteiger partial charge in [0, 0.05) is 24.1 Å².